The van der Waals surface area contributed by atoms with Crippen LogP contribution in [0.3, 0.4) is 0 Å². The van der Waals surface area contributed by atoms with Crippen molar-refractivity contribution in [2.24, 2.45) is 5.92 Å². The van der Waals surface area contributed by atoms with Gasteiger partial charge in [-0.2, -0.15) is 0 Å². The highest BCUT2D eigenvalue weighted by atomic mass is 32.1. The van der Waals surface area contributed by atoms with Crippen molar-refractivity contribution in [2.75, 3.05) is 19.6 Å². The van der Waals surface area contributed by atoms with Gasteiger partial charge in [0, 0.05) is 23.0 Å². The third kappa shape index (κ3) is 5.29. The van der Waals surface area contributed by atoms with Crippen LogP contribution in [0.4, 0.5) is 0 Å². The minimum atomic E-state index is 0.0230. The summed E-state index contributed by atoms with van der Waals surface area (Å²) in [5, 5.41) is 8.07. The van der Waals surface area contributed by atoms with E-state index >= 15 is 0 Å². The van der Waals surface area contributed by atoms with Crippen LogP contribution < -0.4 is 5.32 Å². The maximum absolute atomic E-state index is 12.6. The van der Waals surface area contributed by atoms with Crippen LogP contribution >= 0.6 is 22.7 Å². The smallest absolute Gasteiger partial charge is 0.226 e. The fourth-order valence-corrected chi connectivity index (χ4v) is 5.32. The van der Waals surface area contributed by atoms with Crippen molar-refractivity contribution in [1.82, 2.24) is 20.2 Å². The first-order valence-corrected chi connectivity index (χ1v) is 11.8. The predicted molar refractivity (Wildman–Crippen MR) is 119 cm³/mol. The summed E-state index contributed by atoms with van der Waals surface area (Å²) >= 11 is 3.30. The summed E-state index contributed by atoms with van der Waals surface area (Å²) in [5.74, 6) is 0.817. The molecule has 0 bridgehead atoms. The van der Waals surface area contributed by atoms with Crippen molar-refractivity contribution in [3.63, 3.8) is 0 Å². The van der Waals surface area contributed by atoms with E-state index in [1.165, 1.54) is 29.1 Å². The Morgan fingerprint density at radius 1 is 1.24 bits per heavy atom. The molecular weight excluding hydrogens is 400 g/mol. The van der Waals surface area contributed by atoms with Gasteiger partial charge in [-0.3, -0.25) is 14.7 Å². The number of piperidine rings is 1. The molecule has 0 aromatic carbocycles. The Kier molecular flexibility index (Phi) is 6.69. The van der Waals surface area contributed by atoms with Crippen LogP contribution in [0.25, 0.3) is 10.7 Å². The lowest BCUT2D eigenvalue weighted by molar-refractivity contribution is -0.120. The number of nitrogens with zero attached hydrogens (tertiary/aromatic N) is 3. The highest BCUT2D eigenvalue weighted by Crippen LogP contribution is 2.29. The number of carbonyl (C=O) groups is 1. The van der Waals surface area contributed by atoms with Crippen LogP contribution in [0, 0.1) is 5.92 Å². The van der Waals surface area contributed by atoms with Gasteiger partial charge in [-0.25, -0.2) is 4.98 Å². The highest BCUT2D eigenvalue weighted by molar-refractivity contribution is 7.13. The second-order valence-corrected chi connectivity index (χ2v) is 9.43. The first-order chi connectivity index (χ1) is 14.2. The molecule has 0 saturated carbocycles. The number of hydrogen-bond acceptors (Lipinski definition) is 6. The number of carbonyl (C=O) groups excluding carboxylic acids is 1. The van der Waals surface area contributed by atoms with Crippen molar-refractivity contribution in [2.45, 2.75) is 32.2 Å². The summed E-state index contributed by atoms with van der Waals surface area (Å²) in [6, 6.07) is 10.3. The zero-order valence-electron chi connectivity index (χ0n) is 16.6. The summed E-state index contributed by atoms with van der Waals surface area (Å²) in [6.45, 7) is 5.16. The first kappa shape index (κ1) is 20.2. The Labute approximate surface area is 179 Å². The van der Waals surface area contributed by atoms with E-state index < -0.39 is 0 Å². The fraction of sp³-hybridized carbons (Fsp3) is 0.409. The molecule has 1 aliphatic heterocycles. The lowest BCUT2D eigenvalue weighted by Crippen LogP contribution is -2.42. The predicted octanol–water partition coefficient (Wildman–Crippen LogP) is 4.40. The summed E-state index contributed by atoms with van der Waals surface area (Å²) in [7, 11) is 0. The van der Waals surface area contributed by atoms with Crippen molar-refractivity contribution in [3.8, 4) is 10.7 Å². The molecule has 1 fully saturated rings. The maximum atomic E-state index is 12.6. The van der Waals surface area contributed by atoms with Gasteiger partial charge in [0.2, 0.25) is 5.91 Å². The van der Waals surface area contributed by atoms with Crippen LogP contribution in [0.15, 0.2) is 47.3 Å². The molecule has 4 heterocycles. The van der Waals surface area contributed by atoms with Gasteiger partial charge in [0.15, 0.2) is 0 Å². The molecule has 29 heavy (non-hydrogen) atoms. The minimum absolute atomic E-state index is 0.0230. The number of aromatic nitrogens is 2. The van der Waals surface area contributed by atoms with Crippen LogP contribution in [0.1, 0.15) is 36.4 Å². The van der Waals surface area contributed by atoms with Gasteiger partial charge in [0.25, 0.3) is 0 Å². The second-order valence-electron chi connectivity index (χ2n) is 7.59. The number of amides is 1. The van der Waals surface area contributed by atoms with Crippen LogP contribution in [0.5, 0.6) is 0 Å². The lowest BCUT2D eigenvalue weighted by atomic mass is 9.97. The number of likely N-dealkylation sites (tertiary alicyclic amines) is 1. The summed E-state index contributed by atoms with van der Waals surface area (Å²) in [4.78, 5) is 25.3. The Hall–Kier alpha value is -2.09. The van der Waals surface area contributed by atoms with Crippen molar-refractivity contribution in [3.05, 3.63) is 57.9 Å². The van der Waals surface area contributed by atoms with Gasteiger partial charge >= 0.3 is 0 Å². The molecule has 5 nitrogen and oxygen atoms in total. The molecule has 0 spiro atoms. The average Bonchev–Trinajstić information content (AvgIpc) is 3.43. The molecule has 1 aliphatic rings. The lowest BCUT2D eigenvalue weighted by Gasteiger charge is -2.36. The second kappa shape index (κ2) is 9.61. The van der Waals surface area contributed by atoms with E-state index in [1.807, 2.05) is 23.6 Å². The SMILES string of the molecule is CC1CCN(C(CNC(=O)Cc2csc(-c3ccccn3)n2)c2cccs2)CC1. The normalized spacial score (nSPS) is 16.6. The number of thiophene rings is 1. The van der Waals surface area contributed by atoms with Gasteiger partial charge < -0.3 is 5.32 Å². The number of pyridine rings is 1. The number of nitrogens with one attached hydrogen (secondary N) is 1. The zero-order chi connectivity index (χ0) is 20.1. The van der Waals surface area contributed by atoms with E-state index in [1.54, 1.807) is 17.5 Å². The Balaban J connectivity index is 1.35. The largest absolute Gasteiger partial charge is 0.354 e. The number of rotatable bonds is 7. The molecule has 3 aromatic heterocycles. The van der Waals surface area contributed by atoms with Crippen LogP contribution in [0.2, 0.25) is 0 Å². The van der Waals surface area contributed by atoms with Crippen molar-refractivity contribution >= 4 is 28.6 Å². The Morgan fingerprint density at radius 2 is 2.10 bits per heavy atom. The third-order valence-corrected chi connectivity index (χ3v) is 7.29. The number of thiazole rings is 1. The molecule has 152 valence electrons. The van der Waals surface area contributed by atoms with Crippen molar-refractivity contribution in [1.29, 1.82) is 0 Å². The third-order valence-electron chi connectivity index (χ3n) is 5.40. The molecule has 1 N–H and O–H groups in total. The molecule has 1 amide bonds. The molecule has 7 heteroatoms. The van der Waals surface area contributed by atoms with Crippen LogP contribution in [-0.4, -0.2) is 40.4 Å². The van der Waals surface area contributed by atoms with Gasteiger partial charge in [-0.05, 0) is 55.4 Å². The van der Waals surface area contributed by atoms with Gasteiger partial charge in [0.1, 0.15) is 5.01 Å². The Morgan fingerprint density at radius 3 is 2.83 bits per heavy atom. The maximum Gasteiger partial charge on any atom is 0.226 e. The summed E-state index contributed by atoms with van der Waals surface area (Å²) in [5.41, 5.74) is 1.65. The molecule has 1 atom stereocenters. The number of hydrogen-bond donors (Lipinski definition) is 1. The molecular formula is C22H26N4OS2. The van der Waals surface area contributed by atoms with Gasteiger partial charge in [-0.1, -0.05) is 19.1 Å². The molecule has 0 aliphatic carbocycles. The molecule has 0 radical (unpaired) electrons. The minimum Gasteiger partial charge on any atom is -0.354 e. The van der Waals surface area contributed by atoms with E-state index in [4.69, 9.17) is 0 Å². The average molecular weight is 427 g/mol. The summed E-state index contributed by atoms with van der Waals surface area (Å²) < 4.78 is 0. The van der Waals surface area contributed by atoms with Crippen molar-refractivity contribution < 1.29 is 4.79 Å². The van der Waals surface area contributed by atoms with E-state index in [0.717, 1.165) is 35.4 Å². The fourth-order valence-electron chi connectivity index (χ4n) is 3.66. The highest BCUT2D eigenvalue weighted by Gasteiger charge is 2.25. The van der Waals surface area contributed by atoms with Crippen LogP contribution in [-0.2, 0) is 11.2 Å². The van der Waals surface area contributed by atoms with E-state index in [0.29, 0.717) is 13.0 Å². The molecule has 3 aromatic rings. The monoisotopic (exact) mass is 426 g/mol. The van der Waals surface area contributed by atoms with E-state index in [2.05, 4.69) is 44.6 Å². The van der Waals surface area contributed by atoms with Gasteiger partial charge in [0.05, 0.1) is 23.9 Å². The molecule has 1 unspecified atom stereocenters. The topological polar surface area (TPSA) is 58.1 Å². The summed E-state index contributed by atoms with van der Waals surface area (Å²) in [6.07, 6.45) is 4.52. The first-order valence-electron chi connectivity index (χ1n) is 10.1. The molecule has 1 saturated heterocycles. The van der Waals surface area contributed by atoms with Gasteiger partial charge in [-0.15, -0.1) is 22.7 Å². The standard InChI is InChI=1S/C22H26N4OS2/c1-16-7-10-26(11-8-16)19(20-6-4-12-28-20)14-24-21(27)13-17-15-29-22(25-17)18-5-2-3-9-23-18/h2-6,9,12,15-16,19H,7-8,10-11,13-14H2,1H3,(H,24,27). The zero-order valence-corrected chi connectivity index (χ0v) is 18.2. The van der Waals surface area contributed by atoms with E-state index in [9.17, 15) is 4.79 Å². The van der Waals surface area contributed by atoms with E-state index in [-0.39, 0.29) is 11.9 Å². The quantitative estimate of drug-likeness (QED) is 0.608. The molecule has 4 rings (SSSR count). The Bertz CT molecular complexity index is 902.